The predicted molar refractivity (Wildman–Crippen MR) is 174 cm³/mol. The molecular weight excluding hydrogens is 613 g/mol. The van der Waals surface area contributed by atoms with Gasteiger partial charge in [-0.3, -0.25) is 4.98 Å². The Bertz CT molecular complexity index is 1840. The van der Waals surface area contributed by atoms with E-state index in [-0.39, 0.29) is 40.4 Å². The molecular formula is C33H37F3N8OS. The Morgan fingerprint density at radius 3 is 2.54 bits per heavy atom. The number of likely N-dealkylation sites (N-methyl/N-ethyl adjacent to an activating group) is 1. The normalized spacial score (nSPS) is 20.0. The van der Waals surface area contributed by atoms with Crippen molar-refractivity contribution in [2.24, 2.45) is 5.41 Å². The number of rotatable bonds is 10. The second kappa shape index (κ2) is 11.5. The van der Waals surface area contributed by atoms with Crippen molar-refractivity contribution in [3.8, 4) is 23.3 Å². The van der Waals surface area contributed by atoms with Crippen LogP contribution in [0, 0.1) is 22.6 Å². The van der Waals surface area contributed by atoms with Gasteiger partial charge in [-0.1, -0.05) is 0 Å². The topological polar surface area (TPSA) is 116 Å². The van der Waals surface area contributed by atoms with E-state index in [4.69, 9.17) is 25.4 Å². The summed E-state index contributed by atoms with van der Waals surface area (Å²) in [5, 5.41) is 14.8. The van der Waals surface area contributed by atoms with Gasteiger partial charge in [0.1, 0.15) is 22.7 Å². The fraction of sp³-hybridized carbons (Fsp3) is 0.515. The molecule has 7 rings (SSSR count). The van der Waals surface area contributed by atoms with Gasteiger partial charge in [-0.05, 0) is 64.4 Å². The van der Waals surface area contributed by atoms with Crippen molar-refractivity contribution in [3.05, 3.63) is 35.8 Å². The minimum Gasteiger partial charge on any atom is -0.463 e. The molecule has 0 bridgehead atoms. The van der Waals surface area contributed by atoms with Crippen LogP contribution in [0.4, 0.5) is 24.0 Å². The molecule has 1 saturated heterocycles. The first-order chi connectivity index (χ1) is 22.0. The zero-order valence-corrected chi connectivity index (χ0v) is 26.8. The summed E-state index contributed by atoms with van der Waals surface area (Å²) in [5.74, 6) is -2.41. The fourth-order valence-electron chi connectivity index (χ4n) is 6.73. The number of nitrogen functional groups attached to an aromatic ring is 1. The second-order valence-electron chi connectivity index (χ2n) is 13.4. The number of nitrogens with zero attached hydrogens (tertiary/aromatic N) is 6. The van der Waals surface area contributed by atoms with Gasteiger partial charge in [0, 0.05) is 67.1 Å². The van der Waals surface area contributed by atoms with Gasteiger partial charge in [0.25, 0.3) is 5.92 Å². The number of benzene rings is 1. The number of pyridine rings is 1. The first-order valence-electron chi connectivity index (χ1n) is 15.7. The van der Waals surface area contributed by atoms with E-state index in [1.165, 1.54) is 12.5 Å². The average molecular weight is 651 g/mol. The van der Waals surface area contributed by atoms with Crippen molar-refractivity contribution in [1.82, 2.24) is 24.8 Å². The SMILES string of the molecule is CN(C)C1(CNc2nc(OCC3(CN4CCC(F)(F)CC4)CC3)nc3cc(-c4ccc(F)c5sc(N)c(C#N)c45)ncc23)CCC1. The molecule has 0 radical (unpaired) electrons. The number of nitrogens with one attached hydrogen (secondary N) is 1. The summed E-state index contributed by atoms with van der Waals surface area (Å²) >= 11 is 1.05. The van der Waals surface area contributed by atoms with Crippen LogP contribution in [-0.2, 0) is 0 Å². The molecule has 2 aliphatic carbocycles. The van der Waals surface area contributed by atoms with E-state index < -0.39 is 11.7 Å². The van der Waals surface area contributed by atoms with Gasteiger partial charge in [0.2, 0.25) is 0 Å². The van der Waals surface area contributed by atoms with E-state index in [9.17, 15) is 18.4 Å². The van der Waals surface area contributed by atoms with E-state index in [1.807, 2.05) is 6.07 Å². The van der Waals surface area contributed by atoms with Crippen LogP contribution >= 0.6 is 11.3 Å². The molecule has 242 valence electrons. The van der Waals surface area contributed by atoms with Crippen molar-refractivity contribution in [3.63, 3.8) is 0 Å². The van der Waals surface area contributed by atoms with Crippen LogP contribution in [0.25, 0.3) is 32.2 Å². The lowest BCUT2D eigenvalue weighted by atomic mass is 9.75. The third-order valence-electron chi connectivity index (χ3n) is 10.2. The summed E-state index contributed by atoms with van der Waals surface area (Å²) in [6.07, 6.45) is 6.75. The quantitative estimate of drug-likeness (QED) is 0.204. The van der Waals surface area contributed by atoms with Crippen LogP contribution in [-0.4, -0.2) is 83.1 Å². The molecule has 1 aliphatic heterocycles. The number of halogens is 3. The number of aromatic nitrogens is 3. The van der Waals surface area contributed by atoms with Crippen LogP contribution < -0.4 is 15.8 Å². The molecule has 0 atom stereocenters. The summed E-state index contributed by atoms with van der Waals surface area (Å²) in [6, 6.07) is 7.12. The van der Waals surface area contributed by atoms with Gasteiger partial charge in [-0.25, -0.2) is 13.2 Å². The molecule has 2 saturated carbocycles. The molecule has 3 aromatic heterocycles. The number of nitriles is 1. The van der Waals surface area contributed by atoms with Gasteiger partial charge >= 0.3 is 6.01 Å². The number of likely N-dealkylation sites (tertiary alicyclic amines) is 1. The predicted octanol–water partition coefficient (Wildman–Crippen LogP) is 6.29. The average Bonchev–Trinajstić information content (AvgIpc) is 3.68. The number of fused-ring (bicyclic) bond motifs is 2. The molecule has 1 aromatic carbocycles. The number of nitrogens with two attached hydrogens (primary N) is 1. The molecule has 4 heterocycles. The molecule has 0 unspecified atom stereocenters. The smallest absolute Gasteiger partial charge is 0.318 e. The number of piperidine rings is 1. The van der Waals surface area contributed by atoms with E-state index >= 15 is 0 Å². The molecule has 3 aliphatic rings. The fourth-order valence-corrected chi connectivity index (χ4v) is 7.68. The summed E-state index contributed by atoms with van der Waals surface area (Å²) in [5.41, 5.74) is 7.94. The van der Waals surface area contributed by atoms with E-state index in [2.05, 4.69) is 35.3 Å². The summed E-state index contributed by atoms with van der Waals surface area (Å²) in [6.45, 7) is 2.57. The highest BCUT2D eigenvalue weighted by Gasteiger charge is 2.46. The van der Waals surface area contributed by atoms with Crippen molar-refractivity contribution >= 4 is 43.1 Å². The van der Waals surface area contributed by atoms with Gasteiger partial charge in [0.05, 0.1) is 33.5 Å². The molecule has 0 amide bonds. The Kier molecular flexibility index (Phi) is 7.73. The van der Waals surface area contributed by atoms with Gasteiger partial charge < -0.3 is 25.6 Å². The van der Waals surface area contributed by atoms with E-state index in [0.717, 1.165) is 37.0 Å². The third-order valence-corrected chi connectivity index (χ3v) is 11.2. The zero-order chi connectivity index (χ0) is 32.3. The van der Waals surface area contributed by atoms with Crippen molar-refractivity contribution in [2.75, 3.05) is 57.9 Å². The lowest BCUT2D eigenvalue weighted by Crippen LogP contribution is -2.54. The number of alkyl halides is 2. The van der Waals surface area contributed by atoms with Crippen LogP contribution in [0.2, 0.25) is 0 Å². The number of anilines is 2. The van der Waals surface area contributed by atoms with Crippen LogP contribution in [0.15, 0.2) is 24.4 Å². The number of thiophene rings is 1. The summed E-state index contributed by atoms with van der Waals surface area (Å²) in [7, 11) is 4.19. The number of hydrogen-bond acceptors (Lipinski definition) is 10. The summed E-state index contributed by atoms with van der Waals surface area (Å²) in [4.78, 5) is 18.7. The highest BCUT2D eigenvalue weighted by Crippen LogP contribution is 2.47. The first-order valence-corrected chi connectivity index (χ1v) is 16.6. The maximum absolute atomic E-state index is 14.8. The molecule has 13 heteroatoms. The number of hydrogen-bond donors (Lipinski definition) is 2. The highest BCUT2D eigenvalue weighted by atomic mass is 32.1. The lowest BCUT2D eigenvalue weighted by Gasteiger charge is -2.47. The first kappa shape index (κ1) is 30.9. The third kappa shape index (κ3) is 5.71. The Balaban J connectivity index is 1.21. The van der Waals surface area contributed by atoms with Crippen LogP contribution in [0.3, 0.4) is 0 Å². The maximum Gasteiger partial charge on any atom is 0.318 e. The Morgan fingerprint density at radius 1 is 1.13 bits per heavy atom. The minimum absolute atomic E-state index is 0.0290. The van der Waals surface area contributed by atoms with Crippen molar-refractivity contribution < 1.29 is 17.9 Å². The van der Waals surface area contributed by atoms with Gasteiger partial charge in [0.15, 0.2) is 0 Å². The van der Waals surface area contributed by atoms with E-state index in [1.54, 1.807) is 12.3 Å². The summed E-state index contributed by atoms with van der Waals surface area (Å²) < 4.78 is 48.8. The molecule has 9 nitrogen and oxygen atoms in total. The Morgan fingerprint density at radius 2 is 1.89 bits per heavy atom. The van der Waals surface area contributed by atoms with Gasteiger partial charge in [-0.2, -0.15) is 15.2 Å². The van der Waals surface area contributed by atoms with Gasteiger partial charge in [-0.15, -0.1) is 11.3 Å². The zero-order valence-electron chi connectivity index (χ0n) is 26.0. The molecule has 46 heavy (non-hydrogen) atoms. The highest BCUT2D eigenvalue weighted by molar-refractivity contribution is 7.23. The van der Waals surface area contributed by atoms with Crippen LogP contribution in [0.1, 0.15) is 50.5 Å². The molecule has 3 N–H and O–H groups in total. The second-order valence-corrected chi connectivity index (χ2v) is 14.5. The standard InChI is InChI=1S/C33H37F3N8OS/c1-43(2)32(6-3-7-32)17-40-29-22-16-39-24(20-4-5-23(34)27-26(20)21(15-37)28(38)46-27)14-25(22)41-30(42-29)45-19-31(8-9-31)18-44-12-10-33(35,36)11-13-44/h4-5,14,16H,3,6-13,17-19,38H2,1-2H3,(H,40,41,42). The molecule has 4 aromatic rings. The molecule has 0 spiro atoms. The Hall–Kier alpha value is -3.73. The van der Waals surface area contributed by atoms with E-state index in [0.29, 0.717) is 70.9 Å². The monoisotopic (exact) mass is 650 g/mol. The lowest BCUT2D eigenvalue weighted by molar-refractivity contribution is -0.0591. The number of ether oxygens (including phenoxy) is 1. The Labute approximate surface area is 269 Å². The minimum atomic E-state index is -2.57. The largest absolute Gasteiger partial charge is 0.463 e. The maximum atomic E-state index is 14.8. The van der Waals surface area contributed by atoms with Crippen molar-refractivity contribution in [2.45, 2.75) is 56.4 Å². The molecule has 3 fully saturated rings. The van der Waals surface area contributed by atoms with Crippen molar-refractivity contribution in [1.29, 1.82) is 5.26 Å². The van der Waals surface area contributed by atoms with Crippen LogP contribution in [0.5, 0.6) is 6.01 Å².